The smallest absolute Gasteiger partial charge is 0.409 e. The molecular weight excluding hydrogens is 406 g/mol. The van der Waals surface area contributed by atoms with Gasteiger partial charge >= 0.3 is 11.3 Å². The van der Waals surface area contributed by atoms with Crippen molar-refractivity contribution in [3.63, 3.8) is 0 Å². The minimum Gasteiger partial charge on any atom is -0.493 e. The van der Waals surface area contributed by atoms with Crippen LogP contribution in [0, 0.1) is 0 Å². The van der Waals surface area contributed by atoms with Gasteiger partial charge in [0, 0.05) is 17.0 Å². The Hall–Kier alpha value is -3.20. The molecular formula is C21H23N3O5S. The van der Waals surface area contributed by atoms with Gasteiger partial charge in [0.25, 0.3) is 0 Å². The van der Waals surface area contributed by atoms with Crippen LogP contribution < -0.4 is 14.8 Å². The summed E-state index contributed by atoms with van der Waals surface area (Å²) in [6.07, 6.45) is -1.13. The van der Waals surface area contributed by atoms with Crippen molar-refractivity contribution >= 4 is 34.5 Å². The van der Waals surface area contributed by atoms with Gasteiger partial charge in [0.2, 0.25) is 0 Å². The number of ether oxygens (including phenoxy) is 2. The summed E-state index contributed by atoms with van der Waals surface area (Å²) in [6, 6.07) is 12.4. The zero-order valence-electron chi connectivity index (χ0n) is 16.9. The van der Waals surface area contributed by atoms with Crippen LogP contribution in [0.25, 0.3) is 0 Å². The maximum absolute atomic E-state index is 12.3. The van der Waals surface area contributed by atoms with Crippen molar-refractivity contribution in [3.05, 3.63) is 53.6 Å². The highest BCUT2D eigenvalue weighted by atomic mass is 32.2. The number of carboxylic acid groups (broad SMARTS) is 1. The van der Waals surface area contributed by atoms with Gasteiger partial charge in [-0.15, -0.1) is 0 Å². The first-order valence-electron chi connectivity index (χ1n) is 9.31. The molecule has 0 aromatic heterocycles. The fourth-order valence-electron chi connectivity index (χ4n) is 2.85. The third kappa shape index (κ3) is 5.44. The molecule has 0 fully saturated rings. The van der Waals surface area contributed by atoms with Crippen molar-refractivity contribution < 1.29 is 24.2 Å². The summed E-state index contributed by atoms with van der Waals surface area (Å²) in [7, 11) is 1.59. The van der Waals surface area contributed by atoms with E-state index in [0.29, 0.717) is 22.9 Å². The second-order valence-electron chi connectivity index (χ2n) is 6.82. The standard InChI is InChI=1S/C21H23N3O5S/c1-13(2)29-19-10-15(6-9-18(19)28-3)17-12-30-21(27)24(23-17)11-14-4-7-16(8-5-14)22-20(25)26/h4-10,13,22H,11-12H2,1-3H3,(H,25,26). The lowest BCUT2D eigenvalue weighted by atomic mass is 10.1. The number of nitrogens with zero attached hydrogens (tertiary/aromatic N) is 2. The van der Waals surface area contributed by atoms with Crippen molar-refractivity contribution in [2.45, 2.75) is 26.5 Å². The van der Waals surface area contributed by atoms with Crippen LogP contribution in [0.15, 0.2) is 47.6 Å². The molecule has 30 heavy (non-hydrogen) atoms. The van der Waals surface area contributed by atoms with Gasteiger partial charge in [-0.2, -0.15) is 5.10 Å². The second kappa shape index (κ2) is 9.53. The van der Waals surface area contributed by atoms with E-state index in [1.807, 2.05) is 32.0 Å². The Morgan fingerprint density at radius 1 is 1.23 bits per heavy atom. The number of thioether (sulfide) groups is 1. The summed E-state index contributed by atoms with van der Waals surface area (Å²) in [4.78, 5) is 23.1. The highest BCUT2D eigenvalue weighted by Gasteiger charge is 2.23. The van der Waals surface area contributed by atoms with Crippen LogP contribution in [0.5, 0.6) is 11.5 Å². The first kappa shape index (κ1) is 21.5. The number of methoxy groups -OCH3 is 1. The molecule has 1 heterocycles. The second-order valence-corrected chi connectivity index (χ2v) is 7.74. The van der Waals surface area contributed by atoms with E-state index < -0.39 is 6.09 Å². The first-order chi connectivity index (χ1) is 14.4. The molecule has 158 valence electrons. The number of nitrogens with one attached hydrogen (secondary N) is 1. The fraction of sp³-hybridized carbons (Fsp3) is 0.286. The molecule has 0 unspecified atom stereocenters. The average molecular weight is 429 g/mol. The molecule has 1 aliphatic rings. The number of carbonyl (C=O) groups excluding carboxylic acids is 1. The van der Waals surface area contributed by atoms with Gasteiger partial charge in [-0.25, -0.2) is 9.80 Å². The molecule has 0 atom stereocenters. The van der Waals surface area contributed by atoms with E-state index in [9.17, 15) is 9.59 Å². The Labute approximate surface area is 178 Å². The van der Waals surface area contributed by atoms with E-state index in [-0.39, 0.29) is 17.9 Å². The van der Waals surface area contributed by atoms with E-state index in [0.717, 1.165) is 16.8 Å². The van der Waals surface area contributed by atoms with Gasteiger partial charge in [-0.05, 0) is 49.7 Å². The highest BCUT2D eigenvalue weighted by Crippen LogP contribution is 2.31. The maximum atomic E-state index is 12.3. The molecule has 0 spiro atoms. The third-order valence-electron chi connectivity index (χ3n) is 4.18. The number of hydrazone groups is 1. The highest BCUT2D eigenvalue weighted by molar-refractivity contribution is 8.14. The number of rotatable bonds is 7. The van der Waals surface area contributed by atoms with Gasteiger partial charge in [0.15, 0.2) is 11.5 Å². The van der Waals surface area contributed by atoms with Crippen LogP contribution in [0.1, 0.15) is 25.0 Å². The van der Waals surface area contributed by atoms with E-state index in [4.69, 9.17) is 14.6 Å². The van der Waals surface area contributed by atoms with E-state index in [1.54, 1.807) is 31.4 Å². The molecule has 2 aromatic carbocycles. The molecule has 2 N–H and O–H groups in total. The van der Waals surface area contributed by atoms with Crippen LogP contribution in [0.4, 0.5) is 15.3 Å². The third-order valence-corrected chi connectivity index (χ3v) is 5.06. The number of hydrogen-bond donors (Lipinski definition) is 2. The molecule has 0 aliphatic carbocycles. The van der Waals surface area contributed by atoms with Crippen LogP contribution >= 0.6 is 11.8 Å². The summed E-state index contributed by atoms with van der Waals surface area (Å²) in [5, 5.41) is 16.9. The molecule has 2 aromatic rings. The minimum atomic E-state index is -1.13. The Balaban J connectivity index is 1.81. The Bertz CT molecular complexity index is 960. The summed E-state index contributed by atoms with van der Waals surface area (Å²) in [6.45, 7) is 4.17. The number of amides is 2. The summed E-state index contributed by atoms with van der Waals surface area (Å²) in [5.41, 5.74) is 2.92. The molecule has 8 nitrogen and oxygen atoms in total. The lowest BCUT2D eigenvalue weighted by Gasteiger charge is -2.23. The largest absolute Gasteiger partial charge is 0.493 e. The lowest BCUT2D eigenvalue weighted by Crippen LogP contribution is -2.29. The first-order valence-corrected chi connectivity index (χ1v) is 10.3. The average Bonchev–Trinajstić information content (AvgIpc) is 2.70. The van der Waals surface area contributed by atoms with Crippen LogP contribution in [-0.4, -0.2) is 46.1 Å². The van der Waals surface area contributed by atoms with Crippen LogP contribution in [0.2, 0.25) is 0 Å². The van der Waals surface area contributed by atoms with Crippen molar-refractivity contribution in [1.29, 1.82) is 0 Å². The Kier molecular flexibility index (Phi) is 6.83. The molecule has 0 bridgehead atoms. The van der Waals surface area contributed by atoms with E-state index in [1.165, 1.54) is 16.8 Å². The van der Waals surface area contributed by atoms with Gasteiger partial charge < -0.3 is 14.6 Å². The number of anilines is 1. The molecule has 1 aliphatic heterocycles. The fourth-order valence-corrected chi connectivity index (χ4v) is 3.59. The van der Waals surface area contributed by atoms with Crippen molar-refractivity contribution in [3.8, 4) is 11.5 Å². The maximum Gasteiger partial charge on any atom is 0.409 e. The van der Waals surface area contributed by atoms with Crippen LogP contribution in [0.3, 0.4) is 0 Å². The number of carbonyl (C=O) groups is 2. The summed E-state index contributed by atoms with van der Waals surface area (Å²) in [5.74, 6) is 1.73. The van der Waals surface area contributed by atoms with E-state index >= 15 is 0 Å². The minimum absolute atomic E-state index is 0.00603. The predicted molar refractivity (Wildman–Crippen MR) is 117 cm³/mol. The van der Waals surface area contributed by atoms with Gasteiger partial charge in [-0.1, -0.05) is 23.9 Å². The monoisotopic (exact) mass is 429 g/mol. The van der Waals surface area contributed by atoms with Gasteiger partial charge in [-0.3, -0.25) is 10.1 Å². The van der Waals surface area contributed by atoms with Crippen LogP contribution in [-0.2, 0) is 6.54 Å². The Morgan fingerprint density at radius 2 is 1.97 bits per heavy atom. The van der Waals surface area contributed by atoms with Crippen molar-refractivity contribution in [2.75, 3.05) is 18.2 Å². The SMILES string of the molecule is COc1ccc(C2=NN(Cc3ccc(NC(=O)O)cc3)C(=O)SC2)cc1OC(C)C. The lowest BCUT2D eigenvalue weighted by molar-refractivity contribution is 0.209. The number of hydrogen-bond acceptors (Lipinski definition) is 6. The quantitative estimate of drug-likeness (QED) is 0.665. The molecule has 0 saturated carbocycles. The predicted octanol–water partition coefficient (Wildman–Crippen LogP) is 4.65. The molecule has 2 amide bonds. The molecule has 3 rings (SSSR count). The van der Waals surface area contributed by atoms with Gasteiger partial charge in [0.05, 0.1) is 25.5 Å². The molecule has 9 heteroatoms. The zero-order chi connectivity index (χ0) is 21.7. The molecule has 0 radical (unpaired) electrons. The van der Waals surface area contributed by atoms with Gasteiger partial charge in [0.1, 0.15) is 0 Å². The van der Waals surface area contributed by atoms with E-state index in [2.05, 4.69) is 10.4 Å². The van der Waals surface area contributed by atoms with Crippen molar-refractivity contribution in [1.82, 2.24) is 5.01 Å². The topological polar surface area (TPSA) is 100 Å². The molecule has 0 saturated heterocycles. The Morgan fingerprint density at radius 3 is 2.60 bits per heavy atom. The summed E-state index contributed by atoms with van der Waals surface area (Å²) < 4.78 is 11.2. The number of benzene rings is 2. The zero-order valence-corrected chi connectivity index (χ0v) is 17.7. The normalized spacial score (nSPS) is 13.8. The van der Waals surface area contributed by atoms with Crippen molar-refractivity contribution in [2.24, 2.45) is 5.10 Å². The summed E-state index contributed by atoms with van der Waals surface area (Å²) >= 11 is 1.18.